The lowest BCUT2D eigenvalue weighted by atomic mass is 9.96. The number of rotatable bonds is 4. The van der Waals surface area contributed by atoms with Crippen molar-refractivity contribution >= 4 is 23.0 Å². The molecule has 1 N–H and O–H groups in total. The van der Waals surface area contributed by atoms with Crippen LogP contribution in [0.25, 0.3) is 5.82 Å². The summed E-state index contributed by atoms with van der Waals surface area (Å²) in [5, 5.41) is 4.26. The topological polar surface area (TPSA) is 46.0 Å². The summed E-state index contributed by atoms with van der Waals surface area (Å²) >= 11 is 5.87. The summed E-state index contributed by atoms with van der Waals surface area (Å²) in [6.45, 7) is 8.49. The van der Waals surface area contributed by atoms with E-state index in [0.29, 0.717) is 5.11 Å². The van der Waals surface area contributed by atoms with Crippen LogP contribution in [0, 0.1) is 27.7 Å². The number of hydrogen-bond donors (Lipinski definition) is 1. The number of nitrogens with zero attached hydrogens (tertiary/aromatic N) is 4. The van der Waals surface area contributed by atoms with Crippen LogP contribution in [0.2, 0.25) is 0 Å². The van der Waals surface area contributed by atoms with Crippen LogP contribution >= 0.6 is 12.2 Å². The van der Waals surface area contributed by atoms with Crippen molar-refractivity contribution in [2.24, 2.45) is 0 Å². The molecule has 0 spiro atoms. The lowest BCUT2D eigenvalue weighted by Crippen LogP contribution is -2.29. The molecule has 0 aliphatic carbocycles. The zero-order chi connectivity index (χ0) is 23.1. The fourth-order valence-electron chi connectivity index (χ4n) is 4.74. The first-order chi connectivity index (χ1) is 15.9. The van der Waals surface area contributed by atoms with Gasteiger partial charge in [-0.05, 0) is 93.5 Å². The number of nitrogens with one attached hydrogen (secondary N) is 1. The molecule has 1 aliphatic rings. The van der Waals surface area contributed by atoms with Crippen LogP contribution in [0.5, 0.6) is 0 Å². The summed E-state index contributed by atoms with van der Waals surface area (Å²) in [5.41, 5.74) is 7.95. The monoisotopic (exact) mass is 453 g/mol. The van der Waals surface area contributed by atoms with E-state index in [1.807, 2.05) is 30.6 Å². The van der Waals surface area contributed by atoms with E-state index < -0.39 is 0 Å². The Morgan fingerprint density at radius 2 is 1.64 bits per heavy atom. The molecule has 6 heteroatoms. The number of anilines is 1. The molecule has 4 aromatic rings. The van der Waals surface area contributed by atoms with E-state index in [2.05, 4.69) is 94.9 Å². The Balaban J connectivity index is 1.68. The first-order valence-electron chi connectivity index (χ1n) is 11.1. The minimum absolute atomic E-state index is 0.0418. The molecule has 0 amide bonds. The first kappa shape index (κ1) is 21.3. The summed E-state index contributed by atoms with van der Waals surface area (Å²) in [6.07, 6.45) is 3.70. The average Bonchev–Trinajstić information content (AvgIpc) is 3.30. The van der Waals surface area contributed by atoms with Gasteiger partial charge in [-0.25, -0.2) is 4.98 Å². The van der Waals surface area contributed by atoms with Crippen molar-refractivity contribution in [1.82, 2.24) is 19.9 Å². The largest absolute Gasteiger partial charge is 0.351 e. The van der Waals surface area contributed by atoms with Crippen molar-refractivity contribution < 1.29 is 0 Å². The van der Waals surface area contributed by atoms with Crippen molar-refractivity contribution in [3.05, 3.63) is 107 Å². The van der Waals surface area contributed by atoms with Gasteiger partial charge in [0.25, 0.3) is 0 Å². The molecule has 1 aromatic carbocycles. The van der Waals surface area contributed by atoms with Gasteiger partial charge in [0.15, 0.2) is 5.11 Å². The third kappa shape index (κ3) is 3.80. The fourth-order valence-corrected chi connectivity index (χ4v) is 5.08. The molecular formula is C27H27N5S. The number of thiocarbonyl (C=S) groups is 1. The van der Waals surface area contributed by atoms with Gasteiger partial charge in [-0.15, -0.1) is 0 Å². The zero-order valence-electron chi connectivity index (χ0n) is 19.3. The second-order valence-electron chi connectivity index (χ2n) is 8.69. The Morgan fingerprint density at radius 1 is 0.848 bits per heavy atom. The smallest absolute Gasteiger partial charge is 0.174 e. The van der Waals surface area contributed by atoms with E-state index in [4.69, 9.17) is 12.2 Å². The minimum atomic E-state index is -0.0700. The predicted octanol–water partition coefficient (Wildman–Crippen LogP) is 5.68. The van der Waals surface area contributed by atoms with Crippen LogP contribution in [0.15, 0.2) is 73.1 Å². The molecule has 1 aliphatic heterocycles. The molecule has 1 fully saturated rings. The Morgan fingerprint density at radius 3 is 2.33 bits per heavy atom. The Kier molecular flexibility index (Phi) is 5.46. The summed E-state index contributed by atoms with van der Waals surface area (Å²) in [5.74, 6) is 0.932. The molecule has 1 saturated heterocycles. The highest BCUT2D eigenvalue weighted by Gasteiger charge is 2.42. The van der Waals surface area contributed by atoms with Crippen LogP contribution in [-0.4, -0.2) is 19.6 Å². The van der Waals surface area contributed by atoms with Crippen molar-refractivity contribution in [3.63, 3.8) is 0 Å². The Bertz CT molecular complexity index is 1310. The minimum Gasteiger partial charge on any atom is -0.351 e. The summed E-state index contributed by atoms with van der Waals surface area (Å²) in [4.78, 5) is 11.5. The lowest BCUT2D eigenvalue weighted by Gasteiger charge is -2.28. The van der Waals surface area contributed by atoms with Crippen molar-refractivity contribution in [2.45, 2.75) is 39.8 Å². The Hall–Kier alpha value is -3.51. The molecule has 5 nitrogen and oxygen atoms in total. The van der Waals surface area contributed by atoms with Gasteiger partial charge in [0.2, 0.25) is 0 Å². The molecule has 5 rings (SSSR count). The number of aryl methyl sites for hydroxylation is 3. The van der Waals surface area contributed by atoms with Crippen molar-refractivity contribution in [1.29, 1.82) is 0 Å². The zero-order valence-corrected chi connectivity index (χ0v) is 20.1. The summed E-state index contributed by atoms with van der Waals surface area (Å²) in [6, 6.07) is 20.9. The summed E-state index contributed by atoms with van der Waals surface area (Å²) in [7, 11) is 0. The third-order valence-electron chi connectivity index (χ3n) is 6.33. The summed E-state index contributed by atoms with van der Waals surface area (Å²) < 4.78 is 2.23. The van der Waals surface area contributed by atoms with Gasteiger partial charge in [0, 0.05) is 29.5 Å². The van der Waals surface area contributed by atoms with Gasteiger partial charge in [-0.1, -0.05) is 23.8 Å². The van der Waals surface area contributed by atoms with Gasteiger partial charge < -0.3 is 14.8 Å². The van der Waals surface area contributed by atoms with Crippen molar-refractivity contribution in [3.8, 4) is 5.82 Å². The molecule has 0 radical (unpaired) electrons. The predicted molar refractivity (Wildman–Crippen MR) is 137 cm³/mol. The molecule has 4 heterocycles. The molecule has 2 atom stereocenters. The average molecular weight is 454 g/mol. The van der Waals surface area contributed by atoms with Crippen LogP contribution in [0.4, 0.5) is 5.69 Å². The standard InChI is InChI=1S/C27H27N5S/c1-17-8-10-21(11-9-17)32-26(25(30-27(32)33)23-7-5-6-13-28-23)22-16-19(3)31(20(22)4)24-15-18(2)12-14-29-24/h5-16,25-26H,1-4H3,(H,30,33)/t25-,26-/m1/s1. The maximum absolute atomic E-state index is 5.87. The highest BCUT2D eigenvalue weighted by Crippen LogP contribution is 2.43. The van der Waals surface area contributed by atoms with E-state index >= 15 is 0 Å². The SMILES string of the molecule is Cc1ccc(N2C(=S)N[C@H](c3ccccn3)[C@H]2c2cc(C)n(-c3cc(C)ccn3)c2C)cc1. The van der Waals surface area contributed by atoms with Crippen molar-refractivity contribution in [2.75, 3.05) is 4.90 Å². The molecular weight excluding hydrogens is 426 g/mol. The van der Waals surface area contributed by atoms with Crippen LogP contribution in [-0.2, 0) is 0 Å². The third-order valence-corrected chi connectivity index (χ3v) is 6.64. The highest BCUT2D eigenvalue weighted by molar-refractivity contribution is 7.80. The molecule has 166 valence electrons. The molecule has 33 heavy (non-hydrogen) atoms. The molecule has 3 aromatic heterocycles. The lowest BCUT2D eigenvalue weighted by molar-refractivity contribution is 0.565. The van der Waals surface area contributed by atoms with E-state index in [1.54, 1.807) is 0 Å². The number of benzene rings is 1. The van der Waals surface area contributed by atoms with E-state index in [0.717, 1.165) is 28.6 Å². The van der Waals surface area contributed by atoms with Gasteiger partial charge in [0.05, 0.1) is 17.8 Å². The molecule has 0 unspecified atom stereocenters. The normalized spacial score (nSPS) is 17.9. The van der Waals surface area contributed by atoms with Crippen LogP contribution < -0.4 is 10.2 Å². The number of aromatic nitrogens is 3. The maximum Gasteiger partial charge on any atom is 0.174 e. The van der Waals surface area contributed by atoms with E-state index in [1.165, 1.54) is 16.7 Å². The number of hydrogen-bond acceptors (Lipinski definition) is 3. The molecule has 0 bridgehead atoms. The quantitative estimate of drug-likeness (QED) is 0.403. The second-order valence-corrected chi connectivity index (χ2v) is 9.07. The van der Waals surface area contributed by atoms with Gasteiger partial charge in [-0.3, -0.25) is 4.98 Å². The second kappa shape index (κ2) is 8.45. The molecule has 0 saturated carbocycles. The highest BCUT2D eigenvalue weighted by atomic mass is 32.1. The van der Waals surface area contributed by atoms with Crippen LogP contribution in [0.1, 0.15) is 45.9 Å². The van der Waals surface area contributed by atoms with E-state index in [9.17, 15) is 0 Å². The fraction of sp³-hybridized carbons (Fsp3) is 0.222. The number of pyridine rings is 2. The van der Waals surface area contributed by atoms with Gasteiger partial charge in [0.1, 0.15) is 5.82 Å². The first-order valence-corrected chi connectivity index (χ1v) is 11.5. The Labute approximate surface area is 200 Å². The van der Waals surface area contributed by atoms with E-state index in [-0.39, 0.29) is 12.1 Å². The van der Waals surface area contributed by atoms with Gasteiger partial charge in [-0.2, -0.15) is 0 Å². The van der Waals surface area contributed by atoms with Gasteiger partial charge >= 0.3 is 0 Å². The van der Waals surface area contributed by atoms with Crippen LogP contribution in [0.3, 0.4) is 0 Å². The maximum atomic E-state index is 5.87.